The van der Waals surface area contributed by atoms with Gasteiger partial charge in [-0.05, 0) is 23.8 Å². The van der Waals surface area contributed by atoms with Crippen LogP contribution in [-0.4, -0.2) is 35.8 Å². The molecule has 3 N–H and O–H groups in total. The molecule has 0 saturated carbocycles. The summed E-state index contributed by atoms with van der Waals surface area (Å²) in [6.07, 6.45) is -0.358. The summed E-state index contributed by atoms with van der Waals surface area (Å²) in [7, 11) is 0. The van der Waals surface area contributed by atoms with Gasteiger partial charge in [-0.15, -0.1) is 0 Å². The molecule has 1 aliphatic heterocycles. The zero-order chi connectivity index (χ0) is 18.5. The van der Waals surface area contributed by atoms with Crippen LogP contribution < -0.4 is 15.4 Å². The molecule has 138 valence electrons. The van der Waals surface area contributed by atoms with E-state index in [-0.39, 0.29) is 23.5 Å². The second kappa shape index (κ2) is 8.46. The van der Waals surface area contributed by atoms with Gasteiger partial charge >= 0.3 is 5.69 Å². The molecule has 0 aliphatic carbocycles. The van der Waals surface area contributed by atoms with Gasteiger partial charge in [0.05, 0.1) is 16.0 Å². The Morgan fingerprint density at radius 1 is 1.27 bits per heavy atom. The predicted octanol–water partition coefficient (Wildman–Crippen LogP) is 2.71. The van der Waals surface area contributed by atoms with Gasteiger partial charge < -0.3 is 20.5 Å². The topological polar surface area (TPSA) is 96.7 Å². The first-order valence-electron chi connectivity index (χ1n) is 8.34. The van der Waals surface area contributed by atoms with Gasteiger partial charge in [-0.1, -0.05) is 29.8 Å². The van der Waals surface area contributed by atoms with Crippen molar-refractivity contribution in [3.63, 3.8) is 0 Å². The summed E-state index contributed by atoms with van der Waals surface area (Å²) in [6, 6.07) is 11.7. The van der Waals surface area contributed by atoms with E-state index in [9.17, 15) is 15.2 Å². The van der Waals surface area contributed by atoms with E-state index in [2.05, 4.69) is 10.6 Å². The largest absolute Gasteiger partial charge is 0.449 e. The van der Waals surface area contributed by atoms with Crippen LogP contribution in [0.4, 0.5) is 5.69 Å². The smallest absolute Gasteiger partial charge is 0.311 e. The first kappa shape index (κ1) is 18.6. The molecule has 1 aliphatic rings. The van der Waals surface area contributed by atoms with Crippen molar-refractivity contribution in [1.29, 1.82) is 0 Å². The van der Waals surface area contributed by atoms with E-state index < -0.39 is 4.92 Å². The van der Waals surface area contributed by atoms with E-state index >= 15 is 0 Å². The number of para-hydroxylation sites is 1. The predicted molar refractivity (Wildman–Crippen MR) is 98.7 cm³/mol. The van der Waals surface area contributed by atoms with Gasteiger partial charge in [-0.3, -0.25) is 10.1 Å². The normalized spacial score (nSPS) is 19.5. The second-order valence-corrected chi connectivity index (χ2v) is 6.62. The number of aliphatic hydroxyl groups excluding tert-OH is 1. The van der Waals surface area contributed by atoms with Gasteiger partial charge in [0, 0.05) is 38.2 Å². The van der Waals surface area contributed by atoms with Crippen LogP contribution in [0.3, 0.4) is 0 Å². The molecule has 1 heterocycles. The maximum absolute atomic E-state index is 11.4. The number of rotatable bonds is 7. The fraction of sp³-hybridized carbons (Fsp3) is 0.333. The fourth-order valence-corrected chi connectivity index (χ4v) is 3.05. The summed E-state index contributed by atoms with van der Waals surface area (Å²) in [5.41, 5.74) is 0.649. The number of hydrogen-bond acceptors (Lipinski definition) is 6. The number of aliphatic hydroxyl groups is 1. The lowest BCUT2D eigenvalue weighted by Crippen LogP contribution is -2.30. The van der Waals surface area contributed by atoms with Gasteiger partial charge in [-0.2, -0.15) is 0 Å². The van der Waals surface area contributed by atoms with Gasteiger partial charge in [0.25, 0.3) is 0 Å². The van der Waals surface area contributed by atoms with E-state index in [4.69, 9.17) is 16.3 Å². The van der Waals surface area contributed by atoms with Crippen molar-refractivity contribution in [3.05, 3.63) is 63.2 Å². The van der Waals surface area contributed by atoms with Crippen LogP contribution in [0.2, 0.25) is 5.02 Å². The molecule has 3 rings (SSSR count). The summed E-state index contributed by atoms with van der Waals surface area (Å²) in [5.74, 6) is 0.654. The van der Waals surface area contributed by atoms with Crippen molar-refractivity contribution in [2.45, 2.75) is 12.6 Å². The van der Waals surface area contributed by atoms with E-state index in [1.54, 1.807) is 36.4 Å². The second-order valence-electron chi connectivity index (χ2n) is 6.21. The molecule has 0 amide bonds. The minimum atomic E-state index is -0.472. The highest BCUT2D eigenvalue weighted by molar-refractivity contribution is 6.32. The zero-order valence-corrected chi connectivity index (χ0v) is 14.8. The molecular weight excluding hydrogens is 358 g/mol. The molecule has 2 atom stereocenters. The molecule has 0 radical (unpaired) electrons. The van der Waals surface area contributed by atoms with Crippen molar-refractivity contribution in [3.8, 4) is 11.5 Å². The van der Waals surface area contributed by atoms with Crippen LogP contribution in [0.1, 0.15) is 5.56 Å². The van der Waals surface area contributed by atoms with Crippen LogP contribution in [-0.2, 0) is 6.54 Å². The van der Waals surface area contributed by atoms with Crippen molar-refractivity contribution in [2.24, 2.45) is 5.92 Å². The van der Waals surface area contributed by atoms with E-state index in [1.807, 2.05) is 0 Å². The lowest BCUT2D eigenvalue weighted by atomic mass is 10.1. The van der Waals surface area contributed by atoms with Crippen molar-refractivity contribution in [2.75, 3.05) is 19.6 Å². The number of hydrogen-bond donors (Lipinski definition) is 3. The Morgan fingerprint density at radius 3 is 2.77 bits per heavy atom. The molecule has 0 spiro atoms. The monoisotopic (exact) mass is 377 g/mol. The molecule has 0 bridgehead atoms. The number of nitrogens with one attached hydrogen (secondary N) is 2. The SMILES string of the molecule is O=[N+]([O-])c1cc(CNCC2CNCC2O)ccc1Oc1ccccc1Cl. The van der Waals surface area contributed by atoms with Crippen LogP contribution in [0.5, 0.6) is 11.5 Å². The summed E-state index contributed by atoms with van der Waals surface area (Å²) < 4.78 is 5.62. The van der Waals surface area contributed by atoms with Crippen molar-refractivity contribution < 1.29 is 14.8 Å². The number of nitro groups is 1. The Kier molecular flexibility index (Phi) is 6.05. The number of β-amino-alcohol motifs (C(OH)–C–C–N with tert-alkyl or cyclic N) is 1. The summed E-state index contributed by atoms with van der Waals surface area (Å²) >= 11 is 6.05. The van der Waals surface area contributed by atoms with Crippen LogP contribution in [0.25, 0.3) is 0 Å². The highest BCUT2D eigenvalue weighted by Gasteiger charge is 2.24. The molecular formula is C18H20ClN3O4. The molecule has 1 fully saturated rings. The Labute approximate surface area is 156 Å². The average molecular weight is 378 g/mol. The Balaban J connectivity index is 1.68. The summed E-state index contributed by atoms with van der Waals surface area (Å²) in [6.45, 7) is 2.47. The first-order chi connectivity index (χ1) is 12.5. The molecule has 2 aromatic carbocycles. The Morgan fingerprint density at radius 2 is 2.08 bits per heavy atom. The van der Waals surface area contributed by atoms with Gasteiger partial charge in [-0.25, -0.2) is 0 Å². The fourth-order valence-electron chi connectivity index (χ4n) is 2.88. The Bertz CT molecular complexity index is 787. The molecule has 2 aromatic rings. The minimum Gasteiger partial charge on any atom is -0.449 e. The quantitative estimate of drug-likeness (QED) is 0.507. The van der Waals surface area contributed by atoms with E-state index in [0.717, 1.165) is 12.1 Å². The molecule has 26 heavy (non-hydrogen) atoms. The molecule has 7 nitrogen and oxygen atoms in total. The molecule has 8 heteroatoms. The zero-order valence-electron chi connectivity index (χ0n) is 14.0. The highest BCUT2D eigenvalue weighted by Crippen LogP contribution is 2.35. The summed E-state index contributed by atoms with van der Waals surface area (Å²) in [4.78, 5) is 10.9. The lowest BCUT2D eigenvalue weighted by Gasteiger charge is -2.14. The van der Waals surface area contributed by atoms with Gasteiger partial charge in [0.15, 0.2) is 0 Å². The van der Waals surface area contributed by atoms with Gasteiger partial charge in [0.1, 0.15) is 5.75 Å². The maximum Gasteiger partial charge on any atom is 0.311 e. The number of benzene rings is 2. The van der Waals surface area contributed by atoms with Crippen LogP contribution >= 0.6 is 11.6 Å². The first-order valence-corrected chi connectivity index (χ1v) is 8.71. The minimum absolute atomic E-state index is 0.119. The average Bonchev–Trinajstić information content (AvgIpc) is 3.03. The summed E-state index contributed by atoms with van der Waals surface area (Å²) in [5, 5.41) is 27.9. The van der Waals surface area contributed by atoms with E-state index in [1.165, 1.54) is 6.07 Å². The number of nitro benzene ring substituents is 1. The van der Waals surface area contributed by atoms with E-state index in [0.29, 0.717) is 30.4 Å². The molecule has 2 unspecified atom stereocenters. The maximum atomic E-state index is 11.4. The highest BCUT2D eigenvalue weighted by atomic mass is 35.5. The third-order valence-corrected chi connectivity index (χ3v) is 4.63. The number of halogens is 1. The number of nitrogens with zero attached hydrogens (tertiary/aromatic N) is 1. The standard InChI is InChI=1S/C18H20ClN3O4/c19-14-3-1-2-4-17(14)26-18-6-5-12(7-15(18)22(24)25)8-20-9-13-10-21-11-16(13)23/h1-7,13,16,20-21,23H,8-11H2. The lowest BCUT2D eigenvalue weighted by molar-refractivity contribution is -0.385. The van der Waals surface area contributed by atoms with Gasteiger partial charge in [0.2, 0.25) is 5.75 Å². The molecule has 0 aromatic heterocycles. The third-order valence-electron chi connectivity index (χ3n) is 4.32. The third kappa shape index (κ3) is 4.50. The van der Waals surface area contributed by atoms with Crippen molar-refractivity contribution in [1.82, 2.24) is 10.6 Å². The van der Waals surface area contributed by atoms with Crippen LogP contribution in [0, 0.1) is 16.0 Å². The Hall–Kier alpha value is -2.19. The molecule has 1 saturated heterocycles. The van der Waals surface area contributed by atoms with Crippen molar-refractivity contribution >= 4 is 17.3 Å². The van der Waals surface area contributed by atoms with Crippen LogP contribution in [0.15, 0.2) is 42.5 Å². The number of ether oxygens (including phenoxy) is 1.